The molecule has 2 unspecified atom stereocenters. The van der Waals surface area contributed by atoms with E-state index in [1.807, 2.05) is 19.1 Å². The van der Waals surface area contributed by atoms with Gasteiger partial charge in [0, 0.05) is 6.54 Å². The molecule has 0 bridgehead atoms. The first-order valence-electron chi connectivity index (χ1n) is 7.67. The lowest BCUT2D eigenvalue weighted by Crippen LogP contribution is -2.48. The number of carbonyl (C=O) groups excluding carboxylic acids is 1. The zero-order valence-electron chi connectivity index (χ0n) is 13.4. The van der Waals surface area contributed by atoms with Crippen LogP contribution in [0.15, 0.2) is 24.3 Å². The average Bonchev–Trinajstić information content (AvgIpc) is 2.71. The molecule has 0 heterocycles. The standard InChI is InChI=1S/C17H26N2O2/c1-5-19(11-17(3,4)21)16(20)18-15-12(2)10-13-8-6-7-9-14(13)15/h6-9,12,15,21H,5,10-11H2,1-4H3,(H,18,20). The van der Waals surface area contributed by atoms with E-state index in [-0.39, 0.29) is 12.1 Å². The second-order valence-corrected chi connectivity index (χ2v) is 6.63. The van der Waals surface area contributed by atoms with Crippen molar-refractivity contribution in [1.29, 1.82) is 0 Å². The van der Waals surface area contributed by atoms with Crippen molar-refractivity contribution in [3.05, 3.63) is 35.4 Å². The molecule has 1 aromatic rings. The fraction of sp³-hybridized carbons (Fsp3) is 0.588. The Morgan fingerprint density at radius 2 is 2.10 bits per heavy atom. The minimum atomic E-state index is -0.882. The number of benzene rings is 1. The number of likely N-dealkylation sites (N-methyl/N-ethyl adjacent to an activating group) is 1. The third-order valence-corrected chi connectivity index (χ3v) is 4.03. The van der Waals surface area contributed by atoms with Crippen LogP contribution < -0.4 is 5.32 Å². The maximum atomic E-state index is 12.5. The van der Waals surface area contributed by atoms with E-state index in [0.29, 0.717) is 19.0 Å². The summed E-state index contributed by atoms with van der Waals surface area (Å²) in [4.78, 5) is 14.1. The minimum Gasteiger partial charge on any atom is -0.389 e. The van der Waals surface area contributed by atoms with Gasteiger partial charge in [-0.25, -0.2) is 4.79 Å². The second-order valence-electron chi connectivity index (χ2n) is 6.63. The maximum Gasteiger partial charge on any atom is 0.317 e. The highest BCUT2D eigenvalue weighted by Crippen LogP contribution is 2.35. The van der Waals surface area contributed by atoms with Crippen LogP contribution in [0.4, 0.5) is 4.79 Å². The van der Waals surface area contributed by atoms with Crippen LogP contribution in [0.3, 0.4) is 0 Å². The fourth-order valence-corrected chi connectivity index (χ4v) is 3.03. The first-order valence-corrected chi connectivity index (χ1v) is 7.67. The summed E-state index contributed by atoms with van der Waals surface area (Å²) in [6.07, 6.45) is 0.999. The van der Waals surface area contributed by atoms with Gasteiger partial charge in [-0.1, -0.05) is 31.2 Å². The molecule has 116 valence electrons. The van der Waals surface area contributed by atoms with Gasteiger partial charge in [-0.15, -0.1) is 0 Å². The maximum absolute atomic E-state index is 12.5. The highest BCUT2D eigenvalue weighted by molar-refractivity contribution is 5.75. The predicted molar refractivity (Wildman–Crippen MR) is 84.1 cm³/mol. The van der Waals surface area contributed by atoms with Crippen molar-refractivity contribution in [2.45, 2.75) is 45.8 Å². The van der Waals surface area contributed by atoms with Crippen molar-refractivity contribution in [1.82, 2.24) is 10.2 Å². The van der Waals surface area contributed by atoms with Crippen LogP contribution in [0.5, 0.6) is 0 Å². The Morgan fingerprint density at radius 1 is 1.43 bits per heavy atom. The summed E-state index contributed by atoms with van der Waals surface area (Å²) in [7, 11) is 0. The molecule has 0 saturated heterocycles. The fourth-order valence-electron chi connectivity index (χ4n) is 3.03. The zero-order valence-corrected chi connectivity index (χ0v) is 13.4. The molecule has 0 fully saturated rings. The van der Waals surface area contributed by atoms with E-state index in [9.17, 15) is 9.90 Å². The first kappa shape index (κ1) is 15.8. The Balaban J connectivity index is 2.08. The van der Waals surface area contributed by atoms with Crippen molar-refractivity contribution in [3.8, 4) is 0 Å². The van der Waals surface area contributed by atoms with Crippen molar-refractivity contribution in [3.63, 3.8) is 0 Å². The van der Waals surface area contributed by atoms with Crippen molar-refractivity contribution >= 4 is 6.03 Å². The third-order valence-electron chi connectivity index (χ3n) is 4.03. The minimum absolute atomic E-state index is 0.0598. The van der Waals surface area contributed by atoms with Crippen LogP contribution in [-0.2, 0) is 6.42 Å². The molecule has 1 aromatic carbocycles. The Kier molecular flexibility index (Phi) is 4.57. The number of urea groups is 1. The van der Waals surface area contributed by atoms with Crippen molar-refractivity contribution < 1.29 is 9.90 Å². The molecule has 2 N–H and O–H groups in total. The summed E-state index contributed by atoms with van der Waals surface area (Å²) in [6, 6.07) is 8.24. The van der Waals surface area contributed by atoms with E-state index in [2.05, 4.69) is 24.4 Å². The largest absolute Gasteiger partial charge is 0.389 e. The number of rotatable bonds is 4. The quantitative estimate of drug-likeness (QED) is 0.896. The number of fused-ring (bicyclic) bond motifs is 1. The second kappa shape index (κ2) is 6.06. The lowest BCUT2D eigenvalue weighted by Gasteiger charge is -2.30. The van der Waals surface area contributed by atoms with Gasteiger partial charge in [0.15, 0.2) is 0 Å². The lowest BCUT2D eigenvalue weighted by atomic mass is 10.0. The van der Waals surface area contributed by atoms with Gasteiger partial charge in [0.1, 0.15) is 0 Å². The molecule has 1 aliphatic rings. The zero-order chi connectivity index (χ0) is 15.6. The number of aliphatic hydroxyl groups is 1. The number of nitrogens with one attached hydrogen (secondary N) is 1. The van der Waals surface area contributed by atoms with Gasteiger partial charge in [0.05, 0.1) is 18.2 Å². The summed E-state index contributed by atoms with van der Waals surface area (Å²) in [5.41, 5.74) is 1.66. The lowest BCUT2D eigenvalue weighted by molar-refractivity contribution is 0.0473. The Hall–Kier alpha value is -1.55. The summed E-state index contributed by atoms with van der Waals surface area (Å²) >= 11 is 0. The monoisotopic (exact) mass is 290 g/mol. The summed E-state index contributed by atoms with van der Waals surface area (Å²) < 4.78 is 0. The Morgan fingerprint density at radius 3 is 2.71 bits per heavy atom. The Bertz CT molecular complexity index is 508. The topological polar surface area (TPSA) is 52.6 Å². The molecular formula is C17H26N2O2. The van der Waals surface area contributed by atoms with E-state index in [1.54, 1.807) is 18.7 Å². The van der Waals surface area contributed by atoms with Crippen molar-refractivity contribution in [2.24, 2.45) is 5.92 Å². The van der Waals surface area contributed by atoms with Gasteiger partial charge in [0.25, 0.3) is 0 Å². The molecule has 4 nitrogen and oxygen atoms in total. The molecule has 0 saturated carbocycles. The summed E-state index contributed by atoms with van der Waals surface area (Å²) in [5.74, 6) is 0.396. The van der Waals surface area contributed by atoms with Crippen LogP contribution in [0.1, 0.15) is 44.9 Å². The molecule has 21 heavy (non-hydrogen) atoms. The highest BCUT2D eigenvalue weighted by Gasteiger charge is 2.31. The SMILES string of the molecule is CCN(CC(C)(C)O)C(=O)NC1c2ccccc2CC1C. The van der Waals surface area contributed by atoms with E-state index in [4.69, 9.17) is 0 Å². The number of hydrogen-bond donors (Lipinski definition) is 2. The molecule has 2 atom stereocenters. The van der Waals surface area contributed by atoms with E-state index < -0.39 is 5.60 Å². The number of nitrogens with zero attached hydrogens (tertiary/aromatic N) is 1. The molecule has 4 heteroatoms. The van der Waals surface area contributed by atoms with E-state index in [0.717, 1.165) is 6.42 Å². The average molecular weight is 290 g/mol. The summed E-state index contributed by atoms with van der Waals surface area (Å²) in [6.45, 7) is 8.44. The van der Waals surface area contributed by atoms with Gasteiger partial charge in [-0.3, -0.25) is 0 Å². The van der Waals surface area contributed by atoms with Crippen LogP contribution in [0.25, 0.3) is 0 Å². The van der Waals surface area contributed by atoms with Crippen LogP contribution in [-0.4, -0.2) is 34.7 Å². The normalized spacial score (nSPS) is 21.0. The van der Waals surface area contributed by atoms with Gasteiger partial charge < -0.3 is 15.3 Å². The van der Waals surface area contributed by atoms with Gasteiger partial charge in [-0.05, 0) is 44.2 Å². The number of amides is 2. The van der Waals surface area contributed by atoms with Gasteiger partial charge >= 0.3 is 6.03 Å². The highest BCUT2D eigenvalue weighted by atomic mass is 16.3. The van der Waals surface area contributed by atoms with E-state index >= 15 is 0 Å². The van der Waals surface area contributed by atoms with Crippen LogP contribution >= 0.6 is 0 Å². The molecule has 0 aliphatic heterocycles. The van der Waals surface area contributed by atoms with Gasteiger partial charge in [-0.2, -0.15) is 0 Å². The van der Waals surface area contributed by atoms with Crippen LogP contribution in [0, 0.1) is 5.92 Å². The summed E-state index contributed by atoms with van der Waals surface area (Å²) in [5, 5.41) is 13.1. The molecule has 1 aliphatic carbocycles. The predicted octanol–water partition coefficient (Wildman–Crippen LogP) is 2.72. The van der Waals surface area contributed by atoms with Gasteiger partial charge in [0.2, 0.25) is 0 Å². The molecule has 0 radical (unpaired) electrons. The molecule has 0 spiro atoms. The number of hydrogen-bond acceptors (Lipinski definition) is 2. The Labute approximate surface area is 127 Å². The molecule has 2 amide bonds. The molecule has 2 rings (SSSR count). The number of carbonyl (C=O) groups is 1. The van der Waals surface area contributed by atoms with E-state index in [1.165, 1.54) is 11.1 Å². The first-order chi connectivity index (χ1) is 9.81. The molecule has 0 aromatic heterocycles. The van der Waals surface area contributed by atoms with Crippen LogP contribution in [0.2, 0.25) is 0 Å². The third kappa shape index (κ3) is 3.76. The smallest absolute Gasteiger partial charge is 0.317 e. The van der Waals surface area contributed by atoms with Crippen molar-refractivity contribution in [2.75, 3.05) is 13.1 Å². The molecular weight excluding hydrogens is 264 g/mol.